The normalized spacial score (nSPS) is 35.0. The van der Waals surface area contributed by atoms with Gasteiger partial charge in [-0.05, 0) is 0 Å². The minimum absolute atomic E-state index is 0.132. The van der Waals surface area contributed by atoms with Gasteiger partial charge in [0.1, 0.15) is 6.61 Å². The number of amides is 1. The van der Waals surface area contributed by atoms with Crippen molar-refractivity contribution in [1.29, 1.82) is 0 Å². The minimum Gasteiger partial charge on any atom is -0.479 e. The standard InChI is InChI=1S/C10H13NO5/c1-2-3-15-8(14)11-9-4-10(5-9,7(12)13)16-6-9/h2H,1,3-6H2,(H,11,14)(H,12,13). The summed E-state index contributed by atoms with van der Waals surface area (Å²) < 4.78 is 9.96. The van der Waals surface area contributed by atoms with Crippen molar-refractivity contribution in [2.45, 2.75) is 24.0 Å². The summed E-state index contributed by atoms with van der Waals surface area (Å²) in [5.41, 5.74) is -1.65. The Hall–Kier alpha value is -1.56. The summed E-state index contributed by atoms with van der Waals surface area (Å²) in [7, 11) is 0. The van der Waals surface area contributed by atoms with E-state index in [4.69, 9.17) is 14.6 Å². The maximum Gasteiger partial charge on any atom is 0.407 e. The van der Waals surface area contributed by atoms with Crippen LogP contribution < -0.4 is 5.32 Å². The molecule has 2 saturated heterocycles. The summed E-state index contributed by atoms with van der Waals surface area (Å²) in [5.74, 6) is -0.970. The zero-order valence-corrected chi connectivity index (χ0v) is 8.69. The van der Waals surface area contributed by atoms with Crippen LogP contribution in [0.25, 0.3) is 0 Å². The number of nitrogens with one attached hydrogen (secondary N) is 1. The van der Waals surface area contributed by atoms with Gasteiger partial charge in [0.2, 0.25) is 0 Å². The van der Waals surface area contributed by atoms with Gasteiger partial charge in [-0.3, -0.25) is 0 Å². The number of carboxylic acid groups (broad SMARTS) is 1. The molecule has 0 aromatic carbocycles. The van der Waals surface area contributed by atoms with Crippen LogP contribution in [0.15, 0.2) is 12.7 Å². The predicted molar refractivity (Wildman–Crippen MR) is 53.0 cm³/mol. The second kappa shape index (κ2) is 3.48. The quantitative estimate of drug-likeness (QED) is 0.674. The largest absolute Gasteiger partial charge is 0.479 e. The molecule has 0 aromatic rings. The molecular formula is C10H13NO5. The van der Waals surface area contributed by atoms with Crippen LogP contribution in [0.1, 0.15) is 12.8 Å². The lowest BCUT2D eigenvalue weighted by molar-refractivity contribution is -0.162. The van der Waals surface area contributed by atoms with Crippen LogP contribution in [0, 0.1) is 0 Å². The lowest BCUT2D eigenvalue weighted by Crippen LogP contribution is -2.62. The SMILES string of the molecule is C=CCOC(=O)NC12COC(C(=O)O)(C1)C2. The molecule has 6 heteroatoms. The minimum atomic E-state index is -1.09. The van der Waals surface area contributed by atoms with Crippen LogP contribution in [0.5, 0.6) is 0 Å². The Labute approximate surface area is 92.2 Å². The van der Waals surface area contributed by atoms with E-state index in [0.29, 0.717) is 12.8 Å². The number of alkyl carbamates (subject to hydrolysis) is 1. The van der Waals surface area contributed by atoms with Crippen molar-refractivity contribution in [3.05, 3.63) is 12.7 Å². The number of carbonyl (C=O) groups excluding carboxylic acids is 1. The molecule has 1 amide bonds. The third kappa shape index (κ3) is 1.55. The van der Waals surface area contributed by atoms with Gasteiger partial charge in [-0.15, -0.1) is 0 Å². The Balaban J connectivity index is 1.88. The highest BCUT2D eigenvalue weighted by atomic mass is 16.6. The Kier molecular flexibility index (Phi) is 2.38. The summed E-state index contributed by atoms with van der Waals surface area (Å²) >= 11 is 0. The summed E-state index contributed by atoms with van der Waals surface area (Å²) in [6, 6.07) is 0. The van der Waals surface area contributed by atoms with E-state index in [9.17, 15) is 9.59 Å². The van der Waals surface area contributed by atoms with E-state index in [1.54, 1.807) is 0 Å². The first-order valence-electron chi connectivity index (χ1n) is 4.95. The van der Waals surface area contributed by atoms with Crippen LogP contribution in [0.2, 0.25) is 0 Å². The molecule has 3 rings (SSSR count). The van der Waals surface area contributed by atoms with Gasteiger partial charge in [0.05, 0.1) is 12.1 Å². The monoisotopic (exact) mass is 227 g/mol. The summed E-state index contributed by atoms with van der Waals surface area (Å²) in [4.78, 5) is 22.2. The molecule has 6 nitrogen and oxygen atoms in total. The van der Waals surface area contributed by atoms with Gasteiger partial charge in [-0.2, -0.15) is 0 Å². The molecule has 2 heterocycles. The van der Waals surface area contributed by atoms with Gasteiger partial charge >= 0.3 is 12.1 Å². The highest BCUT2D eigenvalue weighted by Gasteiger charge is 2.67. The van der Waals surface area contributed by atoms with Crippen LogP contribution in [-0.4, -0.2) is 41.5 Å². The molecule has 0 aromatic heterocycles. The number of aliphatic carboxylic acids is 1. The van der Waals surface area contributed by atoms with Crippen LogP contribution in [0.3, 0.4) is 0 Å². The molecule has 0 unspecified atom stereocenters. The van der Waals surface area contributed by atoms with Crippen molar-refractivity contribution >= 4 is 12.1 Å². The first kappa shape index (κ1) is 10.9. The molecule has 1 aliphatic carbocycles. The third-order valence-corrected chi connectivity index (χ3v) is 2.96. The average Bonchev–Trinajstić information content (AvgIpc) is 2.70. The van der Waals surface area contributed by atoms with E-state index >= 15 is 0 Å². The van der Waals surface area contributed by atoms with E-state index < -0.39 is 23.2 Å². The van der Waals surface area contributed by atoms with Gasteiger partial charge < -0.3 is 19.9 Å². The van der Waals surface area contributed by atoms with Gasteiger partial charge in [-0.25, -0.2) is 9.59 Å². The molecule has 0 atom stereocenters. The van der Waals surface area contributed by atoms with Crippen molar-refractivity contribution in [1.82, 2.24) is 5.32 Å². The molecule has 0 spiro atoms. The van der Waals surface area contributed by atoms with Gasteiger partial charge in [-0.1, -0.05) is 12.7 Å². The highest BCUT2D eigenvalue weighted by Crippen LogP contribution is 2.51. The zero-order valence-electron chi connectivity index (χ0n) is 8.69. The zero-order chi connectivity index (χ0) is 11.8. The smallest absolute Gasteiger partial charge is 0.407 e. The van der Waals surface area contributed by atoms with E-state index in [1.807, 2.05) is 0 Å². The number of carbonyl (C=O) groups is 2. The van der Waals surface area contributed by atoms with E-state index in [0.717, 1.165) is 0 Å². The molecule has 3 aliphatic rings. The van der Waals surface area contributed by atoms with Crippen molar-refractivity contribution < 1.29 is 24.2 Å². The number of fused-ring (bicyclic) bond motifs is 1. The molecule has 0 radical (unpaired) electrons. The number of carboxylic acids is 1. The maximum atomic E-state index is 11.3. The number of rotatable bonds is 4. The Morgan fingerprint density at radius 3 is 2.75 bits per heavy atom. The number of ether oxygens (including phenoxy) is 2. The second-order valence-corrected chi connectivity index (χ2v) is 4.23. The summed E-state index contributed by atoms with van der Waals surface area (Å²) in [6.07, 6.45) is 1.51. The second-order valence-electron chi connectivity index (χ2n) is 4.23. The first-order chi connectivity index (χ1) is 7.52. The molecule has 16 heavy (non-hydrogen) atoms. The van der Waals surface area contributed by atoms with E-state index in [-0.39, 0.29) is 13.2 Å². The van der Waals surface area contributed by atoms with Gasteiger partial charge in [0.15, 0.2) is 5.60 Å². The van der Waals surface area contributed by atoms with Crippen molar-refractivity contribution in [3.63, 3.8) is 0 Å². The van der Waals surface area contributed by atoms with Crippen molar-refractivity contribution in [3.8, 4) is 0 Å². The van der Waals surface area contributed by atoms with E-state index in [1.165, 1.54) is 6.08 Å². The van der Waals surface area contributed by atoms with Crippen molar-refractivity contribution in [2.24, 2.45) is 0 Å². The molecule has 2 aliphatic heterocycles. The Morgan fingerprint density at radius 2 is 2.25 bits per heavy atom. The summed E-state index contributed by atoms with van der Waals surface area (Å²) in [5, 5.41) is 11.6. The molecule has 2 N–H and O–H groups in total. The Bertz CT molecular complexity index is 345. The first-order valence-corrected chi connectivity index (χ1v) is 4.95. The fourth-order valence-electron chi connectivity index (χ4n) is 2.25. The van der Waals surface area contributed by atoms with Crippen molar-refractivity contribution in [2.75, 3.05) is 13.2 Å². The van der Waals surface area contributed by atoms with Crippen LogP contribution in [0.4, 0.5) is 4.79 Å². The maximum absolute atomic E-state index is 11.3. The third-order valence-electron chi connectivity index (χ3n) is 2.96. The Morgan fingerprint density at radius 1 is 1.56 bits per heavy atom. The molecule has 2 bridgehead atoms. The molecule has 88 valence electrons. The lowest BCUT2D eigenvalue weighted by Gasteiger charge is -2.41. The topological polar surface area (TPSA) is 84.9 Å². The van der Waals surface area contributed by atoms with Gasteiger partial charge in [0.25, 0.3) is 0 Å². The molecule has 1 saturated carbocycles. The highest BCUT2D eigenvalue weighted by molar-refractivity contribution is 5.81. The molecular weight excluding hydrogens is 214 g/mol. The number of hydrogen-bond acceptors (Lipinski definition) is 4. The molecule has 3 fully saturated rings. The predicted octanol–water partition coefficient (Wildman–Crippen LogP) is 0.285. The van der Waals surface area contributed by atoms with Crippen LogP contribution in [-0.2, 0) is 14.3 Å². The lowest BCUT2D eigenvalue weighted by atomic mass is 9.68. The average molecular weight is 227 g/mol. The van der Waals surface area contributed by atoms with Gasteiger partial charge in [0, 0.05) is 12.8 Å². The summed E-state index contributed by atoms with van der Waals surface area (Å²) in [6.45, 7) is 3.77. The fraction of sp³-hybridized carbons (Fsp3) is 0.600. The van der Waals surface area contributed by atoms with E-state index in [2.05, 4.69) is 11.9 Å². The number of hydrogen-bond donors (Lipinski definition) is 2. The fourth-order valence-corrected chi connectivity index (χ4v) is 2.25. The van der Waals surface area contributed by atoms with Crippen LogP contribution >= 0.6 is 0 Å².